The third-order valence-corrected chi connectivity index (χ3v) is 2.13. The Kier molecular flexibility index (Phi) is 4.53. The number of nitro groups is 1. The number of hydrogen-bond acceptors (Lipinski definition) is 6. The predicted molar refractivity (Wildman–Crippen MR) is 61.8 cm³/mol. The standard InChI is InChI=1S/C10H14N2O5/c1-16-8-4-3-7(11-5-6-13)9(12(14)15)10(8)17-2/h3-4,11,13H,5-6H2,1-2H3. The fourth-order valence-corrected chi connectivity index (χ4v) is 1.43. The van der Waals surface area contributed by atoms with Crippen molar-refractivity contribution in [3.63, 3.8) is 0 Å². The first-order valence-corrected chi connectivity index (χ1v) is 4.89. The van der Waals surface area contributed by atoms with Crippen LogP contribution in [0.15, 0.2) is 12.1 Å². The number of nitro benzene ring substituents is 1. The quantitative estimate of drug-likeness (QED) is 0.571. The summed E-state index contributed by atoms with van der Waals surface area (Å²) in [5.41, 5.74) is 0.0713. The van der Waals surface area contributed by atoms with Crippen LogP contribution in [0.4, 0.5) is 11.4 Å². The van der Waals surface area contributed by atoms with Crippen LogP contribution in [0.5, 0.6) is 11.5 Å². The molecule has 0 aliphatic heterocycles. The van der Waals surface area contributed by atoms with Gasteiger partial charge in [0.1, 0.15) is 5.69 Å². The van der Waals surface area contributed by atoms with Gasteiger partial charge in [-0.05, 0) is 12.1 Å². The minimum atomic E-state index is -0.555. The lowest BCUT2D eigenvalue weighted by Crippen LogP contribution is -2.08. The molecule has 0 fully saturated rings. The molecule has 0 spiro atoms. The summed E-state index contributed by atoms with van der Waals surface area (Å²) in [6, 6.07) is 3.07. The molecule has 0 atom stereocenters. The summed E-state index contributed by atoms with van der Waals surface area (Å²) in [6.07, 6.45) is 0. The molecule has 0 aromatic heterocycles. The van der Waals surface area contributed by atoms with Crippen LogP contribution in [0.2, 0.25) is 0 Å². The largest absolute Gasteiger partial charge is 0.493 e. The van der Waals surface area contributed by atoms with E-state index in [1.165, 1.54) is 20.3 Å². The van der Waals surface area contributed by atoms with Crippen molar-refractivity contribution in [2.45, 2.75) is 0 Å². The van der Waals surface area contributed by atoms with Crippen molar-refractivity contribution < 1.29 is 19.5 Å². The zero-order valence-corrected chi connectivity index (χ0v) is 9.60. The van der Waals surface area contributed by atoms with Crippen LogP contribution in [0.3, 0.4) is 0 Å². The Balaban J connectivity index is 3.26. The van der Waals surface area contributed by atoms with Gasteiger partial charge < -0.3 is 19.9 Å². The predicted octanol–water partition coefficient (Wildman–Crippen LogP) is 1.02. The lowest BCUT2D eigenvalue weighted by molar-refractivity contribution is -0.384. The number of rotatable bonds is 6. The second-order valence-corrected chi connectivity index (χ2v) is 3.10. The van der Waals surface area contributed by atoms with Crippen molar-refractivity contribution >= 4 is 11.4 Å². The van der Waals surface area contributed by atoms with Gasteiger partial charge in [0.05, 0.1) is 25.7 Å². The van der Waals surface area contributed by atoms with Gasteiger partial charge in [0.25, 0.3) is 0 Å². The number of anilines is 1. The van der Waals surface area contributed by atoms with Gasteiger partial charge in [-0.1, -0.05) is 0 Å². The zero-order valence-electron chi connectivity index (χ0n) is 9.60. The van der Waals surface area contributed by atoms with Crippen LogP contribution in [0.1, 0.15) is 0 Å². The van der Waals surface area contributed by atoms with Crippen LogP contribution in [-0.4, -0.2) is 37.4 Å². The van der Waals surface area contributed by atoms with E-state index in [2.05, 4.69) is 5.32 Å². The molecule has 1 aromatic carbocycles. The van der Waals surface area contributed by atoms with E-state index in [1.807, 2.05) is 0 Å². The third-order valence-electron chi connectivity index (χ3n) is 2.13. The number of hydrogen-bond donors (Lipinski definition) is 2. The molecule has 0 aliphatic carbocycles. The van der Waals surface area contributed by atoms with E-state index in [4.69, 9.17) is 14.6 Å². The van der Waals surface area contributed by atoms with E-state index in [9.17, 15) is 10.1 Å². The normalized spacial score (nSPS) is 9.82. The van der Waals surface area contributed by atoms with E-state index >= 15 is 0 Å². The first-order chi connectivity index (χ1) is 8.15. The molecule has 0 saturated heterocycles. The maximum Gasteiger partial charge on any atom is 0.337 e. The first kappa shape index (κ1) is 13.0. The molecule has 0 saturated carbocycles. The summed E-state index contributed by atoms with van der Waals surface area (Å²) in [5.74, 6) is 0.342. The van der Waals surface area contributed by atoms with Crippen molar-refractivity contribution in [1.82, 2.24) is 0 Å². The molecule has 0 heterocycles. The van der Waals surface area contributed by atoms with Gasteiger partial charge in [-0.25, -0.2) is 0 Å². The number of ether oxygens (including phenoxy) is 2. The zero-order chi connectivity index (χ0) is 12.8. The maximum absolute atomic E-state index is 11.0. The van der Waals surface area contributed by atoms with E-state index in [0.29, 0.717) is 0 Å². The first-order valence-electron chi connectivity index (χ1n) is 4.89. The summed E-state index contributed by atoms with van der Waals surface area (Å²) in [7, 11) is 2.74. The molecule has 7 nitrogen and oxygen atoms in total. The Morgan fingerprint density at radius 3 is 2.59 bits per heavy atom. The molecule has 94 valence electrons. The van der Waals surface area contributed by atoms with Crippen molar-refractivity contribution in [2.75, 3.05) is 32.7 Å². The summed E-state index contributed by atoms with van der Waals surface area (Å²) in [4.78, 5) is 10.4. The Hall–Kier alpha value is -2.02. The lowest BCUT2D eigenvalue weighted by atomic mass is 10.2. The highest BCUT2D eigenvalue weighted by atomic mass is 16.6. The second-order valence-electron chi connectivity index (χ2n) is 3.10. The molecule has 0 bridgehead atoms. The van der Waals surface area contributed by atoms with Gasteiger partial charge in [0, 0.05) is 6.54 Å². The van der Waals surface area contributed by atoms with Crippen molar-refractivity contribution in [1.29, 1.82) is 0 Å². The number of nitrogens with one attached hydrogen (secondary N) is 1. The van der Waals surface area contributed by atoms with Gasteiger partial charge in [0.2, 0.25) is 5.75 Å². The van der Waals surface area contributed by atoms with E-state index < -0.39 is 4.92 Å². The number of nitrogens with zero attached hydrogens (tertiary/aromatic N) is 1. The summed E-state index contributed by atoms with van der Waals surface area (Å²) >= 11 is 0. The minimum Gasteiger partial charge on any atom is -0.493 e. The molecule has 1 aromatic rings. The topological polar surface area (TPSA) is 93.9 Å². The Morgan fingerprint density at radius 2 is 2.12 bits per heavy atom. The van der Waals surface area contributed by atoms with Crippen LogP contribution < -0.4 is 14.8 Å². The highest BCUT2D eigenvalue weighted by Gasteiger charge is 2.24. The molecule has 1 rings (SSSR count). The van der Waals surface area contributed by atoms with Crippen LogP contribution in [0.25, 0.3) is 0 Å². The minimum absolute atomic E-state index is 0.0560. The van der Waals surface area contributed by atoms with Crippen molar-refractivity contribution in [3.8, 4) is 11.5 Å². The molecular weight excluding hydrogens is 228 g/mol. The van der Waals surface area contributed by atoms with Gasteiger partial charge >= 0.3 is 5.69 Å². The number of benzene rings is 1. The van der Waals surface area contributed by atoms with Crippen LogP contribution >= 0.6 is 0 Å². The third kappa shape index (κ3) is 2.76. The van der Waals surface area contributed by atoms with Gasteiger partial charge in [-0.15, -0.1) is 0 Å². The molecule has 0 radical (unpaired) electrons. The van der Waals surface area contributed by atoms with E-state index in [1.54, 1.807) is 6.07 Å². The average molecular weight is 242 g/mol. The molecule has 7 heteroatoms. The fraction of sp³-hybridized carbons (Fsp3) is 0.400. The van der Waals surface area contributed by atoms with Crippen LogP contribution in [-0.2, 0) is 0 Å². The molecule has 0 amide bonds. The molecule has 0 unspecified atom stereocenters. The van der Waals surface area contributed by atoms with Gasteiger partial charge in [-0.2, -0.15) is 0 Å². The summed E-state index contributed by atoms with van der Waals surface area (Å²) in [5, 5.41) is 22.4. The van der Waals surface area contributed by atoms with Crippen LogP contribution in [0, 0.1) is 10.1 Å². The molecule has 0 aliphatic rings. The Labute approximate surface area is 98.1 Å². The number of aliphatic hydroxyl groups is 1. The molecule has 2 N–H and O–H groups in total. The number of methoxy groups -OCH3 is 2. The average Bonchev–Trinajstić information content (AvgIpc) is 2.34. The van der Waals surface area contributed by atoms with E-state index in [-0.39, 0.29) is 36.0 Å². The highest BCUT2D eigenvalue weighted by Crippen LogP contribution is 2.41. The fourth-order valence-electron chi connectivity index (χ4n) is 1.43. The smallest absolute Gasteiger partial charge is 0.337 e. The lowest BCUT2D eigenvalue weighted by Gasteiger charge is -2.11. The van der Waals surface area contributed by atoms with E-state index in [0.717, 1.165) is 0 Å². The summed E-state index contributed by atoms with van der Waals surface area (Å²) in [6.45, 7) is 0.0990. The Morgan fingerprint density at radius 1 is 1.41 bits per heavy atom. The Bertz CT molecular complexity index is 408. The monoisotopic (exact) mass is 242 g/mol. The van der Waals surface area contributed by atoms with Crippen molar-refractivity contribution in [2.24, 2.45) is 0 Å². The second kappa shape index (κ2) is 5.90. The van der Waals surface area contributed by atoms with Crippen molar-refractivity contribution in [3.05, 3.63) is 22.2 Å². The summed E-state index contributed by atoms with van der Waals surface area (Å²) < 4.78 is 9.96. The molecule has 17 heavy (non-hydrogen) atoms. The maximum atomic E-state index is 11.0. The molecular formula is C10H14N2O5. The SMILES string of the molecule is COc1ccc(NCCO)c([N+](=O)[O-])c1OC. The number of aliphatic hydroxyl groups excluding tert-OH is 1. The highest BCUT2D eigenvalue weighted by molar-refractivity contribution is 5.72. The van der Waals surface area contributed by atoms with Gasteiger partial charge in [0.15, 0.2) is 5.75 Å². The van der Waals surface area contributed by atoms with Gasteiger partial charge in [-0.3, -0.25) is 10.1 Å².